The van der Waals surface area contributed by atoms with Crippen LogP contribution in [-0.4, -0.2) is 123 Å². The Labute approximate surface area is 965 Å². The van der Waals surface area contributed by atoms with Gasteiger partial charge in [-0.15, -0.1) is 0 Å². The molecular weight excluding hydrogens is 2140 g/mol. The Morgan fingerprint density at radius 1 is 0.148 bits per heavy atom. The minimum absolute atomic E-state index is 0. The van der Waals surface area contributed by atoms with Crippen LogP contribution in [0.3, 0.4) is 0 Å². The summed E-state index contributed by atoms with van der Waals surface area (Å²) in [5, 5.41) is 14.6. The Morgan fingerprint density at radius 3 is 0.282 bits per heavy atom. The monoisotopic (exact) mass is 2280 g/mol. The zero-order valence-corrected chi connectivity index (χ0v) is 99.4. The first-order valence-electron chi connectivity index (χ1n) is 47.8. The molecule has 14 aromatic carbocycles. The minimum Gasteiger partial charge on any atom is -0.779 e. The number of benzene rings is 14. The van der Waals surface area contributed by atoms with Gasteiger partial charge in [0, 0.05) is 13.8 Å². The van der Waals surface area contributed by atoms with Gasteiger partial charge in [0.15, 0.2) is 0 Å². The maximum Gasteiger partial charge on any atom is 2.00 e. The maximum absolute atomic E-state index is 7.32. The van der Waals surface area contributed by atoms with Crippen LogP contribution in [0.1, 0.15) is 125 Å². The SMILES string of the molecule is CC#N.CC#N.CC[N+](CC)(CC)CC.CC[N+](CC)(CC)CC.CC[N+](CC)(CC)CC.CC[N+](CC)(CC)CC.[Ni+2].[Ni+2].[Ni+2].[Ni+2].[S-]c1ccccc1-c1ccccc1[S-].[S-]c1ccccc1-c1ccccc1[S-].[S-]c1ccccc1-c1ccccc1[S-].[S-]c1ccccc1-c1ccccc1[S-].[S-]c1ccccc1-c1ccccc1[S-].[S-]c1ccccc1-c1ccccc1[S-].c1ccc(-c2ccccc2)cc1. The second-order valence-electron chi connectivity index (χ2n) is 31.6. The molecule has 766 valence electrons. The molecule has 142 heavy (non-hydrogen) atoms. The number of rotatable bonds is 23. The van der Waals surface area contributed by atoms with Gasteiger partial charge in [-0.2, -0.15) is 69.3 Å². The third-order valence-corrected chi connectivity index (χ3v) is 29.3. The first-order valence-corrected chi connectivity index (χ1v) is 52.7. The predicted octanol–water partition coefficient (Wildman–Crippen LogP) is 30.9. The molecule has 0 heterocycles. The van der Waals surface area contributed by atoms with Crippen molar-refractivity contribution in [1.82, 2.24) is 0 Å². The third kappa shape index (κ3) is 48.9. The number of hydrogen-bond acceptors (Lipinski definition) is 14. The molecule has 0 atom stereocenters. The van der Waals surface area contributed by atoms with Gasteiger partial charge in [-0.3, -0.25) is 0 Å². The smallest absolute Gasteiger partial charge is 0.779 e. The second kappa shape index (κ2) is 80.6. The first kappa shape index (κ1) is 139. The normalized spacial score (nSPS) is 9.89. The number of hydrogen-bond donors (Lipinski definition) is 0. The summed E-state index contributed by atoms with van der Waals surface area (Å²) in [4.78, 5) is 10.2. The molecule has 0 saturated carbocycles. The summed E-state index contributed by atoms with van der Waals surface area (Å²) >= 11 is 63.0. The van der Waals surface area contributed by atoms with Crippen LogP contribution < -0.4 is 0 Å². The number of nitrogens with zero attached hydrogens (tertiary/aromatic N) is 6. The van der Waals surface area contributed by atoms with Crippen molar-refractivity contribution < 1.29 is 83.9 Å². The van der Waals surface area contributed by atoms with Crippen molar-refractivity contribution in [3.63, 3.8) is 0 Å². The molecule has 0 aromatic heterocycles. The van der Waals surface area contributed by atoms with Crippen LogP contribution >= 0.6 is 0 Å². The Kier molecular flexibility index (Phi) is 78.7. The fraction of sp³-hybridized carbons (Fsp3) is 0.283. The van der Waals surface area contributed by atoms with Crippen molar-refractivity contribution in [1.29, 1.82) is 10.5 Å². The molecule has 0 amide bonds. The Bertz CT molecular complexity index is 4620. The van der Waals surface area contributed by atoms with Crippen molar-refractivity contribution in [2.45, 2.75) is 183 Å². The molecule has 0 N–H and O–H groups in total. The molecule has 14 rings (SSSR count). The van der Waals surface area contributed by atoms with E-state index in [2.05, 4.69) is 159 Å². The summed E-state index contributed by atoms with van der Waals surface area (Å²) in [7, 11) is 0. The second-order valence-corrected chi connectivity index (χ2v) is 36.8. The zero-order chi connectivity index (χ0) is 103. The first-order chi connectivity index (χ1) is 66.5. The van der Waals surface area contributed by atoms with Crippen LogP contribution in [0.15, 0.2) is 411 Å². The minimum atomic E-state index is 0. The third-order valence-electron chi connectivity index (χ3n) is 25.0. The van der Waals surface area contributed by atoms with Crippen molar-refractivity contribution in [2.24, 2.45) is 0 Å². The molecule has 0 aliphatic rings. The quantitative estimate of drug-likeness (QED) is 0.0347. The van der Waals surface area contributed by atoms with E-state index in [4.69, 9.17) is 162 Å². The number of nitriles is 2. The topological polar surface area (TPSA) is 47.6 Å². The van der Waals surface area contributed by atoms with Gasteiger partial charge in [-0.05, 0) is 189 Å². The molecule has 22 heteroatoms. The Balaban J connectivity index is -0.00000149. The molecule has 0 bridgehead atoms. The van der Waals surface area contributed by atoms with E-state index < -0.39 is 0 Å². The molecule has 6 nitrogen and oxygen atoms in total. The molecule has 0 unspecified atom stereocenters. The van der Waals surface area contributed by atoms with E-state index in [-0.39, 0.29) is 66.0 Å². The van der Waals surface area contributed by atoms with Gasteiger partial charge in [0.1, 0.15) is 0 Å². The predicted molar refractivity (Wildman–Crippen MR) is 623 cm³/mol. The summed E-state index contributed by atoms with van der Waals surface area (Å²) in [6.07, 6.45) is 0. The van der Waals surface area contributed by atoms with E-state index >= 15 is 0 Å². The van der Waals surface area contributed by atoms with Crippen molar-refractivity contribution in [3.05, 3.63) is 352 Å². The van der Waals surface area contributed by atoms with Crippen LogP contribution in [0.5, 0.6) is 0 Å². The average Bonchev–Trinajstić information content (AvgIpc) is 0.854. The van der Waals surface area contributed by atoms with Gasteiger partial charge < -0.3 is 169 Å². The van der Waals surface area contributed by atoms with E-state index in [1.54, 1.807) is 12.1 Å². The molecular formula is C120H144N6Ni4S12. The van der Waals surface area contributed by atoms with Gasteiger partial charge in [0.25, 0.3) is 0 Å². The summed E-state index contributed by atoms with van der Waals surface area (Å²) in [6, 6.07) is 119. The molecule has 0 aliphatic carbocycles. The fourth-order valence-electron chi connectivity index (χ4n) is 14.9. The van der Waals surface area contributed by atoms with E-state index in [0.717, 1.165) is 126 Å². The van der Waals surface area contributed by atoms with Crippen LogP contribution in [0.2, 0.25) is 0 Å². The number of quaternary nitrogens is 4. The van der Waals surface area contributed by atoms with Crippen molar-refractivity contribution in [2.75, 3.05) is 105 Å². The van der Waals surface area contributed by atoms with Gasteiger partial charge in [0.05, 0.1) is 117 Å². The maximum atomic E-state index is 7.32. The summed E-state index contributed by atoms with van der Waals surface area (Å²) in [5.74, 6) is 0. The van der Waals surface area contributed by atoms with Crippen LogP contribution in [0, 0.1) is 22.7 Å². The van der Waals surface area contributed by atoms with Crippen molar-refractivity contribution >= 4 is 152 Å². The summed E-state index contributed by atoms with van der Waals surface area (Å²) < 4.78 is 5.11. The van der Waals surface area contributed by atoms with E-state index in [1.165, 1.54) is 148 Å². The summed E-state index contributed by atoms with van der Waals surface area (Å²) in [6.45, 7) is 59.8. The molecule has 0 aliphatic heterocycles. The van der Waals surface area contributed by atoms with Crippen molar-refractivity contribution in [3.8, 4) is 90.0 Å². The molecule has 14 aromatic rings. The Hall–Kier alpha value is -7.49. The fourth-order valence-corrected chi connectivity index (χ4v) is 18.0. The van der Waals surface area contributed by atoms with Crippen LogP contribution in [0.25, 0.3) is 77.9 Å². The van der Waals surface area contributed by atoms with Gasteiger partial charge in [-0.25, -0.2) is 0 Å². The largest absolute Gasteiger partial charge is 2.00 e. The summed E-state index contributed by atoms with van der Waals surface area (Å²) in [5.41, 5.74) is 15.1. The van der Waals surface area contributed by atoms with E-state index in [1.807, 2.05) is 303 Å². The Morgan fingerprint density at radius 2 is 0.218 bits per heavy atom. The van der Waals surface area contributed by atoms with E-state index in [9.17, 15) is 0 Å². The van der Waals surface area contributed by atoms with Gasteiger partial charge in [0.2, 0.25) is 0 Å². The molecule has 0 radical (unpaired) electrons. The van der Waals surface area contributed by atoms with Crippen LogP contribution in [-0.2, 0) is 218 Å². The van der Waals surface area contributed by atoms with E-state index in [0.29, 0.717) is 0 Å². The molecule has 0 fully saturated rings. The molecule has 0 spiro atoms. The van der Waals surface area contributed by atoms with Crippen LogP contribution in [0.4, 0.5) is 0 Å². The van der Waals surface area contributed by atoms with Gasteiger partial charge >= 0.3 is 66.0 Å². The zero-order valence-electron chi connectivity index (χ0n) is 85.6. The average molecular weight is 2290 g/mol. The standard InChI is InChI=1S/6C12H10S2.C12H10.4C8H20N.2C2H3N.4Ni/c6*13-11-7-3-1-5-9(11)10-6-2-4-8-12(10)14;1-3-7-11(8-4-1)12-9-5-2-6-10-12;4*1-5-9(6-2,7-3)8-4;2*1-2-3;;;;/h6*1-8,13-14H;1-10H;4*5-8H2,1-4H3;2*1H3;;;;/q;;;;;;;4*+1;;;4*+2/p-12. The van der Waals surface area contributed by atoms with Gasteiger partial charge in [-0.1, -0.05) is 352 Å². The molecule has 0 saturated heterocycles.